The molecule has 1 rings (SSSR count). The van der Waals surface area contributed by atoms with E-state index >= 15 is 0 Å². The van der Waals surface area contributed by atoms with Gasteiger partial charge in [-0.05, 0) is 12.1 Å². The first-order valence-corrected chi connectivity index (χ1v) is 6.94. The molecule has 0 fully saturated rings. The van der Waals surface area contributed by atoms with E-state index in [1.165, 1.54) is 11.3 Å². The van der Waals surface area contributed by atoms with Crippen molar-refractivity contribution in [1.29, 1.82) is 0 Å². The molecular formula is C9H12N2O2S2. The first-order chi connectivity index (χ1) is 7.01. The maximum atomic E-state index is 10.8. The Labute approximate surface area is 93.5 Å². The number of rotatable bonds is 3. The van der Waals surface area contributed by atoms with Crippen LogP contribution in [0.2, 0.25) is 0 Å². The topological polar surface area (TPSA) is 72.2 Å². The van der Waals surface area contributed by atoms with E-state index in [-0.39, 0.29) is 0 Å². The van der Waals surface area contributed by atoms with Gasteiger partial charge in [-0.3, -0.25) is 0 Å². The van der Waals surface area contributed by atoms with Crippen LogP contribution in [0.3, 0.4) is 0 Å². The van der Waals surface area contributed by atoms with Crippen molar-refractivity contribution in [3.63, 3.8) is 0 Å². The summed E-state index contributed by atoms with van der Waals surface area (Å²) >= 11 is 1.46. The van der Waals surface area contributed by atoms with Crippen LogP contribution in [0, 0.1) is 11.8 Å². The van der Waals surface area contributed by atoms with Crippen LogP contribution in [0.1, 0.15) is 9.75 Å². The van der Waals surface area contributed by atoms with Crippen molar-refractivity contribution < 1.29 is 8.42 Å². The Morgan fingerprint density at radius 3 is 2.87 bits per heavy atom. The van der Waals surface area contributed by atoms with Crippen LogP contribution in [0.15, 0.2) is 12.1 Å². The minimum absolute atomic E-state index is 0.313. The predicted molar refractivity (Wildman–Crippen MR) is 61.9 cm³/mol. The molecule has 3 N–H and O–H groups in total. The third kappa shape index (κ3) is 4.95. The monoisotopic (exact) mass is 244 g/mol. The highest BCUT2D eigenvalue weighted by molar-refractivity contribution is 7.88. The van der Waals surface area contributed by atoms with Gasteiger partial charge in [0.15, 0.2) is 0 Å². The fraction of sp³-hybridized carbons (Fsp3) is 0.333. The standard InChI is InChI=1S/C9H12N2O2S2/c1-15(12,13)11-7-9-5-4-8(14-9)3-2-6-10/h4-5,11H,6-7,10H2,1H3. The molecule has 0 radical (unpaired) electrons. The molecule has 0 amide bonds. The summed E-state index contributed by atoms with van der Waals surface area (Å²) in [5, 5.41) is 0. The molecule has 4 nitrogen and oxygen atoms in total. The first-order valence-electron chi connectivity index (χ1n) is 4.23. The molecule has 0 bridgehead atoms. The van der Waals surface area contributed by atoms with E-state index in [0.29, 0.717) is 13.1 Å². The zero-order valence-corrected chi connectivity index (χ0v) is 9.91. The molecular weight excluding hydrogens is 232 g/mol. The molecule has 0 saturated heterocycles. The van der Waals surface area contributed by atoms with E-state index in [0.717, 1.165) is 16.0 Å². The van der Waals surface area contributed by atoms with E-state index in [1.807, 2.05) is 12.1 Å². The summed E-state index contributed by atoms with van der Waals surface area (Å²) in [4.78, 5) is 1.83. The molecule has 82 valence electrons. The summed E-state index contributed by atoms with van der Waals surface area (Å²) in [6.45, 7) is 0.641. The largest absolute Gasteiger partial charge is 0.320 e. The molecule has 0 aliphatic carbocycles. The summed E-state index contributed by atoms with van der Waals surface area (Å²) in [6.07, 6.45) is 1.13. The van der Waals surface area contributed by atoms with Gasteiger partial charge in [0.1, 0.15) is 0 Å². The van der Waals surface area contributed by atoms with E-state index in [2.05, 4.69) is 16.6 Å². The van der Waals surface area contributed by atoms with Gasteiger partial charge in [0, 0.05) is 11.4 Å². The van der Waals surface area contributed by atoms with Gasteiger partial charge >= 0.3 is 0 Å². The van der Waals surface area contributed by atoms with E-state index < -0.39 is 10.0 Å². The number of nitrogens with two attached hydrogens (primary N) is 1. The molecule has 1 aromatic heterocycles. The van der Waals surface area contributed by atoms with Crippen LogP contribution in [0.25, 0.3) is 0 Å². The Kier molecular flexibility index (Phi) is 4.29. The second-order valence-electron chi connectivity index (χ2n) is 2.87. The lowest BCUT2D eigenvalue weighted by Crippen LogP contribution is -2.20. The minimum Gasteiger partial charge on any atom is -0.320 e. The number of nitrogens with one attached hydrogen (secondary N) is 1. The van der Waals surface area contributed by atoms with Crippen LogP contribution in [-0.2, 0) is 16.6 Å². The average Bonchev–Trinajstić information content (AvgIpc) is 2.58. The van der Waals surface area contributed by atoms with Crippen molar-refractivity contribution in [3.8, 4) is 11.8 Å². The van der Waals surface area contributed by atoms with Crippen LogP contribution in [0.4, 0.5) is 0 Å². The smallest absolute Gasteiger partial charge is 0.209 e. The van der Waals surface area contributed by atoms with Crippen molar-refractivity contribution in [2.24, 2.45) is 5.73 Å². The average molecular weight is 244 g/mol. The van der Waals surface area contributed by atoms with Crippen LogP contribution in [0.5, 0.6) is 0 Å². The van der Waals surface area contributed by atoms with Gasteiger partial charge in [-0.1, -0.05) is 11.8 Å². The van der Waals surface area contributed by atoms with Crippen LogP contribution < -0.4 is 10.5 Å². The second-order valence-corrected chi connectivity index (χ2v) is 5.87. The van der Waals surface area contributed by atoms with Crippen molar-refractivity contribution in [3.05, 3.63) is 21.9 Å². The van der Waals surface area contributed by atoms with Gasteiger partial charge < -0.3 is 5.73 Å². The highest BCUT2D eigenvalue weighted by Gasteiger charge is 2.02. The number of thiophene rings is 1. The number of hydrogen-bond donors (Lipinski definition) is 2. The second kappa shape index (κ2) is 5.28. The number of hydrogen-bond acceptors (Lipinski definition) is 4. The Morgan fingerprint density at radius 1 is 1.53 bits per heavy atom. The maximum Gasteiger partial charge on any atom is 0.209 e. The summed E-state index contributed by atoms with van der Waals surface area (Å²) in [5.74, 6) is 5.63. The third-order valence-electron chi connectivity index (χ3n) is 1.48. The summed E-state index contributed by atoms with van der Waals surface area (Å²) in [7, 11) is -3.13. The quantitative estimate of drug-likeness (QED) is 0.741. The van der Waals surface area contributed by atoms with Gasteiger partial charge in [0.2, 0.25) is 10.0 Å². The molecule has 1 heterocycles. The van der Waals surface area contributed by atoms with E-state index in [1.54, 1.807) is 0 Å². The van der Waals surface area contributed by atoms with Crippen molar-refractivity contribution in [1.82, 2.24) is 4.72 Å². The van der Waals surface area contributed by atoms with Gasteiger partial charge in [-0.2, -0.15) is 0 Å². The lowest BCUT2D eigenvalue weighted by atomic mass is 10.4. The zero-order chi connectivity index (χ0) is 11.3. The lowest BCUT2D eigenvalue weighted by molar-refractivity contribution is 0.588. The van der Waals surface area contributed by atoms with Crippen molar-refractivity contribution in [2.45, 2.75) is 6.54 Å². The molecule has 0 aliphatic heterocycles. The Hall–Kier alpha value is -0.870. The molecule has 0 aromatic carbocycles. The van der Waals surface area contributed by atoms with Gasteiger partial charge in [-0.25, -0.2) is 13.1 Å². The Morgan fingerprint density at radius 2 is 2.27 bits per heavy atom. The third-order valence-corrected chi connectivity index (χ3v) is 3.15. The fourth-order valence-corrected chi connectivity index (χ4v) is 2.21. The molecule has 0 saturated carbocycles. The molecule has 1 aromatic rings. The summed E-state index contributed by atoms with van der Waals surface area (Å²) < 4.78 is 24.1. The Bertz CT molecular complexity index is 480. The molecule has 0 aliphatic rings. The SMILES string of the molecule is CS(=O)(=O)NCc1ccc(C#CCN)s1. The predicted octanol–water partition coefficient (Wildman–Crippen LogP) is 0.108. The van der Waals surface area contributed by atoms with Crippen LogP contribution >= 0.6 is 11.3 Å². The first kappa shape index (κ1) is 12.2. The lowest BCUT2D eigenvalue weighted by Gasteiger charge is -1.97. The van der Waals surface area contributed by atoms with E-state index in [9.17, 15) is 8.42 Å². The molecule has 0 atom stereocenters. The normalized spacial score (nSPS) is 10.8. The molecule has 6 heteroatoms. The molecule has 15 heavy (non-hydrogen) atoms. The minimum atomic E-state index is -3.13. The Balaban J connectivity index is 2.61. The van der Waals surface area contributed by atoms with Crippen LogP contribution in [-0.4, -0.2) is 21.2 Å². The zero-order valence-electron chi connectivity index (χ0n) is 8.28. The van der Waals surface area contributed by atoms with Gasteiger partial charge in [0.25, 0.3) is 0 Å². The van der Waals surface area contributed by atoms with Crippen molar-refractivity contribution >= 4 is 21.4 Å². The fourth-order valence-electron chi connectivity index (χ4n) is 0.880. The number of sulfonamides is 1. The summed E-state index contributed by atoms with van der Waals surface area (Å²) in [6, 6.07) is 3.70. The summed E-state index contributed by atoms with van der Waals surface area (Å²) in [5.41, 5.74) is 5.24. The van der Waals surface area contributed by atoms with Crippen molar-refractivity contribution in [2.75, 3.05) is 12.8 Å². The highest BCUT2D eigenvalue weighted by atomic mass is 32.2. The molecule has 0 spiro atoms. The molecule has 0 unspecified atom stereocenters. The maximum absolute atomic E-state index is 10.8. The highest BCUT2D eigenvalue weighted by Crippen LogP contribution is 2.15. The van der Waals surface area contributed by atoms with Gasteiger partial charge in [0.05, 0.1) is 17.7 Å². The van der Waals surface area contributed by atoms with Gasteiger partial charge in [-0.15, -0.1) is 11.3 Å². The van der Waals surface area contributed by atoms with E-state index in [4.69, 9.17) is 5.73 Å².